The second kappa shape index (κ2) is 6.51. The largest absolute Gasteiger partial charge is 0.370 e. The Bertz CT molecular complexity index is 304. The van der Waals surface area contributed by atoms with Gasteiger partial charge in [0, 0.05) is 0 Å². The van der Waals surface area contributed by atoms with Crippen molar-refractivity contribution >= 4 is 24.0 Å². The van der Waals surface area contributed by atoms with Crippen LogP contribution in [0.4, 0.5) is 0 Å². The molecule has 3 amide bonds. The van der Waals surface area contributed by atoms with E-state index in [0.717, 1.165) is 0 Å². The van der Waals surface area contributed by atoms with Crippen LogP contribution in [0, 0.1) is 0 Å². The Hall–Kier alpha value is -1.96. The molecule has 7 N–H and O–H groups in total. The van der Waals surface area contributed by atoms with Crippen LogP contribution in [0.5, 0.6) is 0 Å². The Labute approximate surface area is 91.5 Å². The number of rotatable bonds is 7. The first-order chi connectivity index (χ1) is 7.36. The molecule has 0 rings (SSSR count). The monoisotopic (exact) mass is 229 g/mol. The van der Waals surface area contributed by atoms with Gasteiger partial charge in [0.25, 0.3) is 0 Å². The maximum Gasteiger partial charge on any atom is 0.238 e. The Morgan fingerprint density at radius 3 is 2.00 bits per heavy atom. The van der Waals surface area contributed by atoms with E-state index in [1.165, 1.54) is 6.29 Å². The van der Waals surface area contributed by atoms with Crippen molar-refractivity contribution in [3.8, 4) is 0 Å². The van der Waals surface area contributed by atoms with Crippen LogP contribution in [-0.2, 0) is 19.2 Å². The molecular formula is C8H13N4O4. The maximum atomic E-state index is 11.3. The second-order valence-electron chi connectivity index (χ2n) is 3.13. The normalized spacial score (nSPS) is 13.6. The second-order valence-corrected chi connectivity index (χ2v) is 3.13. The lowest BCUT2D eigenvalue weighted by atomic mass is 10.1. The van der Waals surface area contributed by atoms with Crippen LogP contribution >= 0.6 is 0 Å². The van der Waals surface area contributed by atoms with Gasteiger partial charge in [0.15, 0.2) is 0 Å². The van der Waals surface area contributed by atoms with Crippen LogP contribution in [0.2, 0.25) is 0 Å². The Kier molecular flexibility index (Phi) is 5.71. The summed E-state index contributed by atoms with van der Waals surface area (Å²) in [5, 5.41) is 2.11. The van der Waals surface area contributed by atoms with Crippen LogP contribution in [0.15, 0.2) is 0 Å². The van der Waals surface area contributed by atoms with Gasteiger partial charge in [-0.25, -0.2) is 0 Å². The first kappa shape index (κ1) is 14.0. The number of carbonyl (C=O) groups excluding carboxylic acids is 4. The van der Waals surface area contributed by atoms with Crippen molar-refractivity contribution in [3.63, 3.8) is 0 Å². The summed E-state index contributed by atoms with van der Waals surface area (Å²) in [5.74, 6) is -2.28. The molecule has 0 aliphatic heterocycles. The summed E-state index contributed by atoms with van der Waals surface area (Å²) in [6.45, 7) is 0. The molecule has 0 saturated carbocycles. The average molecular weight is 229 g/mol. The molecule has 0 aromatic rings. The average Bonchev–Trinajstić information content (AvgIpc) is 2.14. The van der Waals surface area contributed by atoms with Crippen molar-refractivity contribution in [1.82, 2.24) is 5.32 Å². The summed E-state index contributed by atoms with van der Waals surface area (Å²) in [5.41, 5.74) is 14.9. The van der Waals surface area contributed by atoms with Gasteiger partial charge < -0.3 is 22.5 Å². The van der Waals surface area contributed by atoms with Gasteiger partial charge in [0.1, 0.15) is 6.04 Å². The number of primary amides is 2. The fourth-order valence-electron chi connectivity index (χ4n) is 0.912. The van der Waals surface area contributed by atoms with Gasteiger partial charge in [0.05, 0.1) is 18.9 Å². The molecule has 0 bridgehead atoms. The van der Waals surface area contributed by atoms with E-state index in [-0.39, 0.29) is 12.8 Å². The smallest absolute Gasteiger partial charge is 0.238 e. The van der Waals surface area contributed by atoms with Crippen molar-refractivity contribution in [2.75, 3.05) is 0 Å². The van der Waals surface area contributed by atoms with Gasteiger partial charge in [-0.15, -0.1) is 0 Å². The third-order valence-electron chi connectivity index (χ3n) is 1.62. The van der Waals surface area contributed by atoms with Crippen molar-refractivity contribution < 1.29 is 19.2 Å². The molecule has 0 unspecified atom stereocenters. The summed E-state index contributed by atoms with van der Waals surface area (Å²) in [6, 6.07) is -2.33. The lowest BCUT2D eigenvalue weighted by Crippen LogP contribution is -2.48. The number of nitrogens with two attached hydrogens (primary N) is 3. The van der Waals surface area contributed by atoms with Gasteiger partial charge in [-0.3, -0.25) is 19.2 Å². The van der Waals surface area contributed by atoms with Gasteiger partial charge in [-0.2, -0.15) is 0 Å². The number of hydrogen-bond donors (Lipinski definition) is 4. The van der Waals surface area contributed by atoms with Crippen LogP contribution in [0.1, 0.15) is 12.8 Å². The fraction of sp³-hybridized carbons (Fsp3) is 0.500. The van der Waals surface area contributed by atoms with Crippen molar-refractivity contribution in [1.29, 1.82) is 0 Å². The van der Waals surface area contributed by atoms with Crippen LogP contribution in [0.25, 0.3) is 0 Å². The predicted octanol–water partition coefficient (Wildman–Crippen LogP) is -3.34. The molecule has 0 aliphatic rings. The zero-order valence-corrected chi connectivity index (χ0v) is 8.43. The lowest BCUT2D eigenvalue weighted by molar-refractivity contribution is -0.126. The highest BCUT2D eigenvalue weighted by atomic mass is 16.2. The topological polar surface area (TPSA) is 158 Å². The molecule has 0 fully saturated rings. The first-order valence-electron chi connectivity index (χ1n) is 4.37. The molecule has 0 aliphatic carbocycles. The molecule has 0 saturated heterocycles. The summed E-state index contributed by atoms with van der Waals surface area (Å²) in [7, 11) is 0. The third kappa shape index (κ3) is 5.70. The summed E-state index contributed by atoms with van der Waals surface area (Å²) in [4.78, 5) is 42.5. The lowest BCUT2D eigenvalue weighted by Gasteiger charge is -2.13. The number of carbonyl (C=O) groups is 3. The van der Waals surface area contributed by atoms with E-state index in [1.54, 1.807) is 0 Å². The van der Waals surface area contributed by atoms with Gasteiger partial charge in [-0.05, 0) is 0 Å². The zero-order valence-electron chi connectivity index (χ0n) is 8.43. The van der Waals surface area contributed by atoms with Crippen LogP contribution < -0.4 is 22.5 Å². The highest BCUT2D eigenvalue weighted by Crippen LogP contribution is 1.92. The maximum absolute atomic E-state index is 11.3. The van der Waals surface area contributed by atoms with E-state index >= 15 is 0 Å². The summed E-state index contributed by atoms with van der Waals surface area (Å²) >= 11 is 0. The molecule has 2 atom stereocenters. The van der Waals surface area contributed by atoms with Crippen molar-refractivity contribution in [3.05, 3.63) is 0 Å². The fourth-order valence-corrected chi connectivity index (χ4v) is 0.912. The summed E-state index contributed by atoms with van der Waals surface area (Å²) in [6.07, 6.45) is 0.688. The number of nitrogens with one attached hydrogen (secondary N) is 1. The van der Waals surface area contributed by atoms with Crippen molar-refractivity contribution in [2.45, 2.75) is 24.9 Å². The Morgan fingerprint density at radius 1 is 1.12 bits per heavy atom. The van der Waals surface area contributed by atoms with E-state index in [0.29, 0.717) is 0 Å². The van der Waals surface area contributed by atoms with Crippen LogP contribution in [0.3, 0.4) is 0 Å². The Morgan fingerprint density at radius 2 is 1.62 bits per heavy atom. The molecule has 1 radical (unpaired) electrons. The third-order valence-corrected chi connectivity index (χ3v) is 1.62. The highest BCUT2D eigenvalue weighted by molar-refractivity contribution is 5.90. The number of amides is 3. The minimum absolute atomic E-state index is 0.353. The molecule has 8 nitrogen and oxygen atoms in total. The molecule has 0 spiro atoms. The van der Waals surface area contributed by atoms with Gasteiger partial charge in [-0.1, -0.05) is 0 Å². The molecular weight excluding hydrogens is 216 g/mol. The van der Waals surface area contributed by atoms with E-state index < -0.39 is 29.8 Å². The SMILES string of the molecule is NC(=O)C[C@@H]([C]=O)NC(=O)[C@@H](N)CC(N)=O. The van der Waals surface area contributed by atoms with Gasteiger partial charge >= 0.3 is 0 Å². The van der Waals surface area contributed by atoms with Crippen molar-refractivity contribution in [2.24, 2.45) is 17.2 Å². The van der Waals surface area contributed by atoms with E-state index in [1.807, 2.05) is 0 Å². The molecule has 0 heterocycles. The number of hydrogen-bond acceptors (Lipinski definition) is 5. The van der Waals surface area contributed by atoms with E-state index in [9.17, 15) is 19.2 Å². The minimum atomic E-state index is -1.17. The predicted molar refractivity (Wildman–Crippen MR) is 53.2 cm³/mol. The standard InChI is InChI=1S/C8H13N4O4/c9-5(2-7(11)15)8(16)12-4(3-13)1-6(10)14/h4-5H,1-2,9H2,(H2,10,14)(H2,11,15)(H,12,16)/t4-,5-/m0/s1. The zero-order chi connectivity index (χ0) is 12.7. The first-order valence-corrected chi connectivity index (χ1v) is 4.37. The van der Waals surface area contributed by atoms with Gasteiger partial charge in [0.2, 0.25) is 24.0 Å². The highest BCUT2D eigenvalue weighted by Gasteiger charge is 2.20. The quantitative estimate of drug-likeness (QED) is 0.358. The molecule has 89 valence electrons. The molecule has 0 aromatic heterocycles. The summed E-state index contributed by atoms with van der Waals surface area (Å²) < 4.78 is 0. The minimum Gasteiger partial charge on any atom is -0.370 e. The molecule has 0 aromatic carbocycles. The van der Waals surface area contributed by atoms with E-state index in [2.05, 4.69) is 5.32 Å². The molecule has 16 heavy (non-hydrogen) atoms. The molecule has 8 heteroatoms. The van der Waals surface area contributed by atoms with E-state index in [4.69, 9.17) is 17.2 Å². The van der Waals surface area contributed by atoms with Crippen LogP contribution in [-0.4, -0.2) is 36.1 Å². The Balaban J connectivity index is 4.23.